The van der Waals surface area contributed by atoms with E-state index < -0.39 is 15.1 Å². The minimum Gasteiger partial charge on any atom is -0.378 e. The number of halogens is 1. The molecule has 3 aromatic carbocycles. The lowest BCUT2D eigenvalue weighted by atomic mass is 10.0. The zero-order chi connectivity index (χ0) is 23.0. The van der Waals surface area contributed by atoms with Crippen LogP contribution >= 0.6 is 11.6 Å². The van der Waals surface area contributed by atoms with Crippen molar-refractivity contribution in [2.24, 2.45) is 0 Å². The molecule has 0 saturated heterocycles. The van der Waals surface area contributed by atoms with Crippen LogP contribution in [0.4, 0.5) is 5.69 Å². The van der Waals surface area contributed by atoms with Gasteiger partial charge in [-0.15, -0.1) is 0 Å². The molecule has 0 aliphatic heterocycles. The highest BCUT2D eigenvalue weighted by Crippen LogP contribution is 2.42. The lowest BCUT2D eigenvalue weighted by Gasteiger charge is -2.21. The van der Waals surface area contributed by atoms with Crippen LogP contribution in [0.5, 0.6) is 0 Å². The van der Waals surface area contributed by atoms with Gasteiger partial charge in [0.05, 0.1) is 4.90 Å². The molecule has 0 amide bonds. The van der Waals surface area contributed by atoms with E-state index in [2.05, 4.69) is 17.6 Å². The molecule has 0 spiro atoms. The van der Waals surface area contributed by atoms with Crippen LogP contribution in [0.15, 0.2) is 77.7 Å². The molecule has 0 aliphatic rings. The molecule has 4 rings (SSSR count). The average Bonchev–Trinajstić information content (AvgIpc) is 3.05. The van der Waals surface area contributed by atoms with Gasteiger partial charge in [-0.1, -0.05) is 41.9 Å². The molecule has 6 heteroatoms. The second-order valence-corrected chi connectivity index (χ2v) is 10.6. The van der Waals surface area contributed by atoms with Gasteiger partial charge >= 0.3 is 0 Å². The fraction of sp³-hybridized carbons (Fsp3) is 0.231. The number of benzene rings is 3. The second kappa shape index (κ2) is 8.64. The van der Waals surface area contributed by atoms with E-state index in [1.165, 1.54) is 0 Å². The molecule has 0 saturated carbocycles. The van der Waals surface area contributed by atoms with Crippen LogP contribution in [-0.2, 0) is 16.4 Å². The number of aryl methyl sites for hydroxylation is 1. The third kappa shape index (κ3) is 3.80. The zero-order valence-corrected chi connectivity index (χ0v) is 20.3. The fourth-order valence-corrected chi connectivity index (χ4v) is 6.44. The molecule has 4 nitrogen and oxygen atoms in total. The number of aromatic nitrogens is 1. The summed E-state index contributed by atoms with van der Waals surface area (Å²) in [6.07, 6.45) is 0. The molecular formula is C26H27ClN2O2S. The fourth-order valence-electron chi connectivity index (χ4n) is 4.40. The summed E-state index contributed by atoms with van der Waals surface area (Å²) in [5, 5.41) is 0.637. The Hall–Kier alpha value is -2.76. The first-order valence-electron chi connectivity index (χ1n) is 10.6. The topological polar surface area (TPSA) is 42.3 Å². The highest BCUT2D eigenvalue weighted by atomic mass is 35.5. The average molecular weight is 467 g/mol. The van der Waals surface area contributed by atoms with Gasteiger partial charge in [-0.2, -0.15) is 0 Å². The van der Waals surface area contributed by atoms with E-state index in [9.17, 15) is 8.42 Å². The van der Waals surface area contributed by atoms with E-state index in [0.29, 0.717) is 5.02 Å². The van der Waals surface area contributed by atoms with Crippen molar-refractivity contribution in [1.29, 1.82) is 0 Å². The zero-order valence-electron chi connectivity index (χ0n) is 18.7. The Morgan fingerprint density at radius 3 is 2.16 bits per heavy atom. The summed E-state index contributed by atoms with van der Waals surface area (Å²) in [6.45, 7) is 4.86. The number of rotatable bonds is 6. The summed E-state index contributed by atoms with van der Waals surface area (Å²) in [4.78, 5) is 2.26. The summed E-state index contributed by atoms with van der Waals surface area (Å²) in [5.41, 5.74) is 4.60. The van der Waals surface area contributed by atoms with Crippen molar-refractivity contribution in [3.8, 4) is 0 Å². The molecule has 32 heavy (non-hydrogen) atoms. The summed E-state index contributed by atoms with van der Waals surface area (Å²) in [5.74, 6) is 0. The Bertz CT molecular complexity index is 1360. The molecule has 4 aromatic rings. The summed E-state index contributed by atoms with van der Waals surface area (Å²) in [6, 6.07) is 22.2. The molecule has 0 fully saturated rings. The lowest BCUT2D eigenvalue weighted by molar-refractivity contribution is 0.588. The number of nitrogens with zero attached hydrogens (tertiary/aromatic N) is 2. The summed E-state index contributed by atoms with van der Waals surface area (Å²) < 4.78 is 30.4. The third-order valence-electron chi connectivity index (χ3n) is 6.02. The van der Waals surface area contributed by atoms with E-state index >= 15 is 0 Å². The van der Waals surface area contributed by atoms with Crippen molar-refractivity contribution in [3.05, 3.63) is 94.6 Å². The number of anilines is 1. The molecule has 0 radical (unpaired) electrons. The van der Waals surface area contributed by atoms with Crippen molar-refractivity contribution >= 4 is 38.0 Å². The van der Waals surface area contributed by atoms with Crippen LogP contribution in [0.1, 0.15) is 29.0 Å². The smallest absolute Gasteiger partial charge is 0.189 e. The van der Waals surface area contributed by atoms with Gasteiger partial charge in [0, 0.05) is 53.5 Å². The third-order valence-corrected chi connectivity index (χ3v) is 8.33. The molecule has 0 N–H and O–H groups in total. The SMILES string of the molecule is CCn1c(C)c(C(c2ccc(N(C)C)cc2)S(=O)(=O)c2ccc(Cl)cc2)c2ccccc21. The van der Waals surface area contributed by atoms with E-state index in [1.807, 2.05) is 68.4 Å². The minimum atomic E-state index is -3.75. The molecular weight excluding hydrogens is 440 g/mol. The maximum absolute atomic E-state index is 14.1. The van der Waals surface area contributed by atoms with Gasteiger partial charge in [0.1, 0.15) is 5.25 Å². The first-order valence-corrected chi connectivity index (χ1v) is 12.5. The molecule has 1 unspecified atom stereocenters. The Morgan fingerprint density at radius 1 is 0.938 bits per heavy atom. The number of fused-ring (bicyclic) bond motifs is 1. The number of sulfone groups is 1. The quantitative estimate of drug-likeness (QED) is 0.337. The highest BCUT2D eigenvalue weighted by Gasteiger charge is 2.35. The van der Waals surface area contributed by atoms with Gasteiger partial charge < -0.3 is 9.47 Å². The molecule has 1 aromatic heterocycles. The Kier molecular flexibility index (Phi) is 6.06. The van der Waals surface area contributed by atoms with Crippen LogP contribution in [0.25, 0.3) is 10.9 Å². The van der Waals surface area contributed by atoms with Crippen molar-refractivity contribution in [1.82, 2.24) is 4.57 Å². The normalized spacial score (nSPS) is 12.8. The predicted molar refractivity (Wildman–Crippen MR) is 134 cm³/mol. The van der Waals surface area contributed by atoms with Crippen LogP contribution in [0.3, 0.4) is 0 Å². The lowest BCUT2D eigenvalue weighted by Crippen LogP contribution is -2.17. The number of hydrogen-bond acceptors (Lipinski definition) is 3. The highest BCUT2D eigenvalue weighted by molar-refractivity contribution is 7.92. The van der Waals surface area contributed by atoms with Crippen molar-refractivity contribution in [2.75, 3.05) is 19.0 Å². The standard InChI is InChI=1S/C26H27ClN2O2S/c1-5-29-18(2)25(23-8-6-7-9-24(23)29)26(19-10-14-21(15-11-19)28(3)4)32(30,31)22-16-12-20(27)13-17-22/h6-17,26H,5H2,1-4H3. The molecule has 1 atom stereocenters. The Morgan fingerprint density at radius 2 is 1.56 bits per heavy atom. The van der Waals surface area contributed by atoms with E-state index in [0.717, 1.165) is 40.0 Å². The van der Waals surface area contributed by atoms with E-state index in [4.69, 9.17) is 11.6 Å². The maximum Gasteiger partial charge on any atom is 0.189 e. The van der Waals surface area contributed by atoms with Gasteiger partial charge in [0.15, 0.2) is 9.84 Å². The van der Waals surface area contributed by atoms with Gasteiger partial charge in [0.2, 0.25) is 0 Å². The van der Waals surface area contributed by atoms with Crippen LogP contribution in [0, 0.1) is 6.92 Å². The van der Waals surface area contributed by atoms with Crippen molar-refractivity contribution in [3.63, 3.8) is 0 Å². The molecule has 166 valence electrons. The first kappa shape index (κ1) is 22.4. The minimum absolute atomic E-state index is 0.260. The molecule has 0 aliphatic carbocycles. The van der Waals surface area contributed by atoms with E-state index in [1.54, 1.807) is 24.3 Å². The predicted octanol–water partition coefficient (Wildman–Crippen LogP) is 6.25. The largest absolute Gasteiger partial charge is 0.378 e. The summed E-state index contributed by atoms with van der Waals surface area (Å²) >= 11 is 6.05. The van der Waals surface area contributed by atoms with Gasteiger partial charge in [-0.3, -0.25) is 0 Å². The molecule has 1 heterocycles. The maximum atomic E-state index is 14.1. The van der Waals surface area contributed by atoms with Crippen molar-refractivity contribution < 1.29 is 8.42 Å². The van der Waals surface area contributed by atoms with Crippen LogP contribution < -0.4 is 4.90 Å². The van der Waals surface area contributed by atoms with Gasteiger partial charge in [0.25, 0.3) is 0 Å². The monoisotopic (exact) mass is 466 g/mol. The molecule has 0 bridgehead atoms. The van der Waals surface area contributed by atoms with Gasteiger partial charge in [-0.05, 0) is 61.9 Å². The van der Waals surface area contributed by atoms with E-state index in [-0.39, 0.29) is 4.90 Å². The number of hydrogen-bond donors (Lipinski definition) is 0. The van der Waals surface area contributed by atoms with Gasteiger partial charge in [-0.25, -0.2) is 8.42 Å². The Labute approximate surface area is 195 Å². The summed E-state index contributed by atoms with van der Waals surface area (Å²) in [7, 11) is 0.185. The first-order chi connectivity index (χ1) is 15.3. The van der Waals surface area contributed by atoms with Crippen LogP contribution in [0.2, 0.25) is 5.02 Å². The number of para-hydroxylation sites is 1. The van der Waals surface area contributed by atoms with Crippen molar-refractivity contribution in [2.45, 2.75) is 30.5 Å². The second-order valence-electron chi connectivity index (χ2n) is 8.13. The van der Waals surface area contributed by atoms with Crippen LogP contribution in [-0.4, -0.2) is 27.1 Å². The Balaban J connectivity index is 2.02.